The van der Waals surface area contributed by atoms with Crippen molar-refractivity contribution in [1.29, 1.82) is 0 Å². The molecule has 160 valence electrons. The number of carbonyl (C=O) groups excluding carboxylic acids is 1. The number of ether oxygens (including phenoxy) is 4. The molecule has 0 saturated carbocycles. The van der Waals surface area contributed by atoms with E-state index in [2.05, 4.69) is 10.3 Å². The third-order valence-electron chi connectivity index (χ3n) is 4.56. The monoisotopic (exact) mass is 420 g/mol. The van der Waals surface area contributed by atoms with E-state index < -0.39 is 0 Å². The minimum atomic E-state index is -0.120. The normalized spacial score (nSPS) is 10.6. The minimum Gasteiger partial charge on any atom is -0.497 e. The zero-order chi connectivity index (χ0) is 22.2. The van der Waals surface area contributed by atoms with Crippen molar-refractivity contribution in [3.63, 3.8) is 0 Å². The van der Waals surface area contributed by atoms with Gasteiger partial charge in [-0.25, -0.2) is 4.98 Å². The number of ketones is 1. The molecule has 0 aliphatic heterocycles. The molecule has 0 aliphatic rings. The van der Waals surface area contributed by atoms with E-state index in [9.17, 15) is 4.79 Å². The van der Waals surface area contributed by atoms with Gasteiger partial charge in [0.25, 0.3) is 0 Å². The molecule has 7 heteroatoms. The zero-order valence-corrected chi connectivity index (χ0v) is 17.8. The molecule has 3 aromatic rings. The number of hydrogen-bond acceptors (Lipinski definition) is 7. The number of nitrogens with one attached hydrogen (secondary N) is 1. The summed E-state index contributed by atoms with van der Waals surface area (Å²) in [6, 6.07) is 14.2. The van der Waals surface area contributed by atoms with Crippen LogP contribution in [0.2, 0.25) is 0 Å². The molecule has 1 aromatic heterocycles. The molecular weight excluding hydrogens is 396 g/mol. The van der Waals surface area contributed by atoms with Crippen molar-refractivity contribution < 1.29 is 23.7 Å². The van der Waals surface area contributed by atoms with Gasteiger partial charge >= 0.3 is 0 Å². The zero-order valence-electron chi connectivity index (χ0n) is 17.8. The Morgan fingerprint density at radius 1 is 0.903 bits per heavy atom. The second-order valence-corrected chi connectivity index (χ2v) is 6.41. The van der Waals surface area contributed by atoms with Gasteiger partial charge in [0.05, 0.1) is 28.4 Å². The smallest absolute Gasteiger partial charge is 0.203 e. The minimum absolute atomic E-state index is 0.120. The van der Waals surface area contributed by atoms with E-state index in [0.717, 1.165) is 5.56 Å². The summed E-state index contributed by atoms with van der Waals surface area (Å²) in [5, 5.41) is 3.25. The van der Waals surface area contributed by atoms with Crippen LogP contribution < -0.4 is 24.3 Å². The van der Waals surface area contributed by atoms with Gasteiger partial charge in [-0.1, -0.05) is 0 Å². The Morgan fingerprint density at radius 2 is 1.58 bits per heavy atom. The fourth-order valence-corrected chi connectivity index (χ4v) is 2.96. The molecule has 0 atom stereocenters. The van der Waals surface area contributed by atoms with Crippen LogP contribution in [0.25, 0.3) is 6.08 Å². The van der Waals surface area contributed by atoms with Gasteiger partial charge in [-0.3, -0.25) is 4.79 Å². The SMILES string of the molecule is COc1ccc(C(=O)C=Cc2cccnc2Nc2cc(OC)c(OC)c(OC)c2)cc1. The molecule has 1 N–H and O–H groups in total. The summed E-state index contributed by atoms with van der Waals surface area (Å²) in [6.07, 6.45) is 4.90. The lowest BCUT2D eigenvalue weighted by Gasteiger charge is -2.15. The topological polar surface area (TPSA) is 78.9 Å². The van der Waals surface area contributed by atoms with Crippen LogP contribution in [0.15, 0.2) is 60.8 Å². The lowest BCUT2D eigenvalue weighted by atomic mass is 10.1. The predicted octanol–water partition coefficient (Wildman–Crippen LogP) is 4.76. The standard InChI is InChI=1S/C24H24N2O5/c1-28-19-10-7-16(8-11-19)20(27)12-9-17-6-5-13-25-24(17)26-18-14-21(29-2)23(31-4)22(15-18)30-3/h5-15H,1-4H3,(H,25,26). The first-order valence-electron chi connectivity index (χ1n) is 9.48. The van der Waals surface area contributed by atoms with Crippen molar-refractivity contribution in [2.24, 2.45) is 0 Å². The molecule has 31 heavy (non-hydrogen) atoms. The Kier molecular flexibility index (Phi) is 7.11. The van der Waals surface area contributed by atoms with Gasteiger partial charge in [-0.15, -0.1) is 0 Å². The highest BCUT2D eigenvalue weighted by Crippen LogP contribution is 2.40. The quantitative estimate of drug-likeness (QED) is 0.395. The lowest BCUT2D eigenvalue weighted by Crippen LogP contribution is -2.00. The summed E-state index contributed by atoms with van der Waals surface area (Å²) in [5.41, 5.74) is 2.02. The first kappa shape index (κ1) is 21.7. The van der Waals surface area contributed by atoms with Gasteiger partial charge in [0.15, 0.2) is 17.3 Å². The number of hydrogen-bond donors (Lipinski definition) is 1. The summed E-state index contributed by atoms with van der Waals surface area (Å²) in [7, 11) is 6.25. The van der Waals surface area contributed by atoms with E-state index in [1.807, 2.05) is 6.07 Å². The van der Waals surface area contributed by atoms with E-state index in [1.165, 1.54) is 6.08 Å². The third-order valence-corrected chi connectivity index (χ3v) is 4.56. The molecule has 2 aromatic carbocycles. The van der Waals surface area contributed by atoms with E-state index in [1.54, 1.807) is 83.2 Å². The maximum absolute atomic E-state index is 12.5. The van der Waals surface area contributed by atoms with Gasteiger partial charge in [-0.2, -0.15) is 0 Å². The van der Waals surface area contributed by atoms with Crippen LogP contribution in [-0.2, 0) is 0 Å². The molecule has 0 bridgehead atoms. The molecule has 0 spiro atoms. The van der Waals surface area contributed by atoms with Crippen molar-refractivity contribution in [2.45, 2.75) is 0 Å². The Labute approximate surface area is 181 Å². The van der Waals surface area contributed by atoms with Crippen LogP contribution in [0.3, 0.4) is 0 Å². The molecule has 7 nitrogen and oxygen atoms in total. The average Bonchev–Trinajstić information content (AvgIpc) is 2.82. The van der Waals surface area contributed by atoms with Crippen molar-refractivity contribution >= 4 is 23.4 Å². The van der Waals surface area contributed by atoms with Gasteiger partial charge in [0, 0.05) is 35.1 Å². The van der Waals surface area contributed by atoms with Crippen molar-refractivity contribution in [2.75, 3.05) is 33.8 Å². The van der Waals surface area contributed by atoms with E-state index in [4.69, 9.17) is 18.9 Å². The first-order chi connectivity index (χ1) is 15.1. The number of methoxy groups -OCH3 is 4. The molecule has 0 unspecified atom stereocenters. The van der Waals surface area contributed by atoms with Gasteiger partial charge in [-0.05, 0) is 48.6 Å². The van der Waals surface area contributed by atoms with Crippen LogP contribution in [0, 0.1) is 0 Å². The number of benzene rings is 2. The van der Waals surface area contributed by atoms with Crippen molar-refractivity contribution in [3.8, 4) is 23.0 Å². The van der Waals surface area contributed by atoms with E-state index in [-0.39, 0.29) is 5.78 Å². The number of rotatable bonds is 9. The lowest BCUT2D eigenvalue weighted by molar-refractivity contribution is 0.104. The summed E-state index contributed by atoms with van der Waals surface area (Å²) < 4.78 is 21.3. The fourth-order valence-electron chi connectivity index (χ4n) is 2.96. The predicted molar refractivity (Wildman–Crippen MR) is 120 cm³/mol. The molecule has 0 saturated heterocycles. The highest BCUT2D eigenvalue weighted by Gasteiger charge is 2.14. The molecular formula is C24H24N2O5. The number of pyridine rings is 1. The molecule has 3 rings (SSSR count). The van der Waals surface area contributed by atoms with Gasteiger partial charge in [0.2, 0.25) is 5.75 Å². The third kappa shape index (κ3) is 5.14. The van der Waals surface area contributed by atoms with Gasteiger partial charge < -0.3 is 24.3 Å². The number of allylic oxidation sites excluding steroid dienone is 1. The maximum Gasteiger partial charge on any atom is 0.203 e. The number of carbonyl (C=O) groups is 1. The highest BCUT2D eigenvalue weighted by molar-refractivity contribution is 6.07. The molecule has 0 fully saturated rings. The van der Waals surface area contributed by atoms with Crippen LogP contribution in [0.5, 0.6) is 23.0 Å². The summed E-state index contributed by atoms with van der Waals surface area (Å²) >= 11 is 0. The maximum atomic E-state index is 12.5. The largest absolute Gasteiger partial charge is 0.497 e. The fraction of sp³-hybridized carbons (Fsp3) is 0.167. The van der Waals surface area contributed by atoms with Crippen LogP contribution >= 0.6 is 0 Å². The average molecular weight is 420 g/mol. The van der Waals surface area contributed by atoms with Crippen LogP contribution in [-0.4, -0.2) is 39.2 Å². The Morgan fingerprint density at radius 3 is 2.16 bits per heavy atom. The Bertz CT molecular complexity index is 1050. The summed E-state index contributed by atoms with van der Waals surface area (Å²) in [6.45, 7) is 0. The molecule has 0 amide bonds. The van der Waals surface area contributed by atoms with Crippen LogP contribution in [0.4, 0.5) is 11.5 Å². The number of anilines is 2. The Hall–Kier alpha value is -4.00. The highest BCUT2D eigenvalue weighted by atomic mass is 16.5. The molecule has 1 heterocycles. The number of nitrogens with zero attached hydrogens (tertiary/aromatic N) is 1. The first-order valence-corrected chi connectivity index (χ1v) is 9.48. The van der Waals surface area contributed by atoms with Crippen molar-refractivity contribution in [1.82, 2.24) is 4.98 Å². The molecule has 0 radical (unpaired) electrons. The second kappa shape index (κ2) is 10.2. The number of aromatic nitrogens is 1. The summed E-state index contributed by atoms with van der Waals surface area (Å²) in [4.78, 5) is 16.9. The van der Waals surface area contributed by atoms with Crippen LogP contribution in [0.1, 0.15) is 15.9 Å². The van der Waals surface area contributed by atoms with Crippen molar-refractivity contribution in [3.05, 3.63) is 71.9 Å². The summed E-state index contributed by atoms with van der Waals surface area (Å²) in [5.74, 6) is 2.70. The molecule has 0 aliphatic carbocycles. The van der Waals surface area contributed by atoms with Gasteiger partial charge in [0.1, 0.15) is 11.6 Å². The Balaban J connectivity index is 1.85. The second-order valence-electron chi connectivity index (χ2n) is 6.41. The van der Waals surface area contributed by atoms with E-state index in [0.29, 0.717) is 40.1 Å². The van der Waals surface area contributed by atoms with E-state index >= 15 is 0 Å².